The van der Waals surface area contributed by atoms with Crippen molar-refractivity contribution < 1.29 is 34.3 Å². The molecule has 14 atom stereocenters. The zero-order valence-corrected chi connectivity index (χ0v) is 44.1. The van der Waals surface area contributed by atoms with Crippen LogP contribution in [0.5, 0.6) is 0 Å². The molecule has 66 heavy (non-hydrogen) atoms. The first-order chi connectivity index (χ1) is 31.8. The van der Waals surface area contributed by atoms with Crippen LogP contribution in [0, 0.1) is 52.3 Å². The Morgan fingerprint density at radius 2 is 1.27 bits per heavy atom. The lowest BCUT2D eigenvalue weighted by Crippen LogP contribution is -2.60. The Labute approximate surface area is 406 Å². The monoisotopic (exact) mass is 927 g/mol. The molecule has 384 valence electrons. The maximum Gasteiger partial charge on any atom is 0.305 e. The zero-order valence-electron chi connectivity index (χ0n) is 44.1. The van der Waals surface area contributed by atoms with Gasteiger partial charge < -0.3 is 29.5 Å². The molecule has 0 aromatic carbocycles. The largest absolute Gasteiger partial charge is 0.463 e. The zero-order chi connectivity index (χ0) is 47.5. The number of hydrogen-bond donors (Lipinski definition) is 3. The van der Waals surface area contributed by atoms with Crippen LogP contribution in [0.2, 0.25) is 0 Å². The number of fused-ring (bicyclic) bond motifs is 5. The van der Waals surface area contributed by atoms with Gasteiger partial charge in [0.2, 0.25) is 0 Å². The molecule has 4 aliphatic carbocycles. The third kappa shape index (κ3) is 15.8. The summed E-state index contributed by atoms with van der Waals surface area (Å²) in [6, 6.07) is 0. The molecule has 0 radical (unpaired) electrons. The van der Waals surface area contributed by atoms with E-state index in [9.17, 15) is 20.1 Å². The van der Waals surface area contributed by atoms with Gasteiger partial charge in [-0.3, -0.25) is 4.79 Å². The fourth-order valence-corrected chi connectivity index (χ4v) is 14.7. The summed E-state index contributed by atoms with van der Waals surface area (Å²) in [5, 5.41) is 32.7. The van der Waals surface area contributed by atoms with Gasteiger partial charge in [0.1, 0.15) is 31.0 Å². The predicted octanol–water partition coefficient (Wildman–Crippen LogP) is 15.0. The number of hydrogen-bond acceptors (Lipinski definition) is 7. The highest BCUT2D eigenvalue weighted by Gasteiger charge is 2.59. The molecule has 3 N–H and O–H groups in total. The summed E-state index contributed by atoms with van der Waals surface area (Å²) in [6.07, 6.45) is 37.7. The number of aliphatic hydroxyl groups is 3. The van der Waals surface area contributed by atoms with Crippen LogP contribution in [0.3, 0.4) is 0 Å². The summed E-state index contributed by atoms with van der Waals surface area (Å²) in [5.41, 5.74) is 2.13. The lowest BCUT2D eigenvalue weighted by atomic mass is 9.47. The minimum atomic E-state index is -1.44. The van der Waals surface area contributed by atoms with Crippen molar-refractivity contribution in [2.75, 3.05) is 6.61 Å². The van der Waals surface area contributed by atoms with Crippen LogP contribution in [0.25, 0.3) is 0 Å². The molecule has 0 aromatic heterocycles. The third-order valence-electron chi connectivity index (χ3n) is 19.2. The second kappa shape index (κ2) is 28.8. The molecule has 0 bridgehead atoms. The molecule has 0 unspecified atom stereocenters. The fourth-order valence-electron chi connectivity index (χ4n) is 14.7. The Hall–Kier alpha value is -0.990. The lowest BCUT2D eigenvalue weighted by molar-refractivity contribution is -0.313. The number of carbonyl (C=O) groups excluding carboxylic acids is 1. The minimum Gasteiger partial charge on any atom is -0.463 e. The van der Waals surface area contributed by atoms with Gasteiger partial charge in [-0.25, -0.2) is 0 Å². The van der Waals surface area contributed by atoms with Crippen molar-refractivity contribution >= 4 is 5.97 Å². The minimum absolute atomic E-state index is 0.140. The SMILES string of the molecule is CCCCCCCCCCCCCCCCCCCCCCCC(=O)OC[C@H]1O[C@@H](O[C@H]2CC[C@@]3(C)C(=CC[C@H]4[C@@H]5CC[C@H]([C@H](C)CC[C@@H](CC)C(C)C)[C@@]5(C)CC[C@@H]43)C2)[C@H](O)[C@@H](O)[C@@H]1O. The summed E-state index contributed by atoms with van der Waals surface area (Å²) >= 11 is 0. The van der Waals surface area contributed by atoms with Crippen molar-refractivity contribution in [1.82, 2.24) is 0 Å². The van der Waals surface area contributed by atoms with Gasteiger partial charge in [0.15, 0.2) is 6.29 Å². The van der Waals surface area contributed by atoms with Crippen molar-refractivity contribution in [3.05, 3.63) is 11.6 Å². The molecule has 5 rings (SSSR count). The van der Waals surface area contributed by atoms with Crippen molar-refractivity contribution in [3.8, 4) is 0 Å². The summed E-state index contributed by atoms with van der Waals surface area (Å²) in [6.45, 7) is 17.1. The van der Waals surface area contributed by atoms with Crippen LogP contribution in [-0.4, -0.2) is 64.7 Å². The normalized spacial score (nSPS) is 34.1. The van der Waals surface area contributed by atoms with E-state index < -0.39 is 30.7 Å². The molecule has 7 nitrogen and oxygen atoms in total. The lowest BCUT2D eigenvalue weighted by Gasteiger charge is -2.58. The van der Waals surface area contributed by atoms with E-state index in [2.05, 4.69) is 54.5 Å². The Balaban J connectivity index is 0.935. The standard InChI is InChI=1S/C59H106O7/c1-8-10-11-12-13-14-15-16-17-18-19-20-21-22-23-24-25-26-27-28-29-30-53(60)64-42-52-54(61)55(62)56(63)57(66-52)65-47-37-39-58(6)46(41-47)33-34-48-50-36-35-49(59(50,7)40-38-51(48)58)44(5)31-32-45(9-2)43(3)4/h33,43-45,47-52,54-57,61-63H,8-32,34-42H2,1-7H3/t44-,45-,47+,48+,49-,50+,51+,52-,54-,55+,56-,57-,58+,59-/m1/s1. The van der Waals surface area contributed by atoms with Gasteiger partial charge in [0, 0.05) is 6.42 Å². The highest BCUT2D eigenvalue weighted by Crippen LogP contribution is 2.67. The smallest absolute Gasteiger partial charge is 0.305 e. The topological polar surface area (TPSA) is 105 Å². The first-order valence-electron chi connectivity index (χ1n) is 29.0. The van der Waals surface area contributed by atoms with Crippen molar-refractivity contribution in [2.24, 2.45) is 52.3 Å². The van der Waals surface area contributed by atoms with Crippen LogP contribution in [0.1, 0.15) is 260 Å². The van der Waals surface area contributed by atoms with Gasteiger partial charge in [0.05, 0.1) is 6.10 Å². The second-order valence-electron chi connectivity index (χ2n) is 24.0. The van der Waals surface area contributed by atoms with Crippen LogP contribution in [-0.2, 0) is 19.0 Å². The number of ether oxygens (including phenoxy) is 3. The fraction of sp³-hybridized carbons (Fsp3) is 0.949. The van der Waals surface area contributed by atoms with E-state index in [0.29, 0.717) is 17.8 Å². The number of rotatable bonds is 32. The number of unbranched alkanes of at least 4 members (excludes halogenated alkanes) is 20. The molecule has 5 aliphatic rings. The maximum atomic E-state index is 12.7. The van der Waals surface area contributed by atoms with Crippen molar-refractivity contribution in [2.45, 2.75) is 297 Å². The summed E-state index contributed by atoms with van der Waals surface area (Å²) in [4.78, 5) is 12.7. The molecule has 4 fully saturated rings. The number of aliphatic hydroxyl groups excluding tert-OH is 3. The average molecular weight is 927 g/mol. The highest BCUT2D eigenvalue weighted by molar-refractivity contribution is 5.69. The van der Waals surface area contributed by atoms with Crippen molar-refractivity contribution in [3.63, 3.8) is 0 Å². The van der Waals surface area contributed by atoms with Crippen LogP contribution in [0.4, 0.5) is 0 Å². The van der Waals surface area contributed by atoms with E-state index in [0.717, 1.165) is 80.5 Å². The van der Waals surface area contributed by atoms with Crippen molar-refractivity contribution in [1.29, 1.82) is 0 Å². The van der Waals surface area contributed by atoms with E-state index in [1.807, 2.05) is 0 Å². The molecular weight excluding hydrogens is 821 g/mol. The number of carbonyl (C=O) groups is 1. The quantitative estimate of drug-likeness (QED) is 0.0351. The Morgan fingerprint density at radius 3 is 1.83 bits per heavy atom. The van der Waals surface area contributed by atoms with Crippen LogP contribution >= 0.6 is 0 Å². The molecule has 0 aromatic rings. The van der Waals surface area contributed by atoms with E-state index >= 15 is 0 Å². The van der Waals surface area contributed by atoms with Gasteiger partial charge in [-0.2, -0.15) is 0 Å². The highest BCUT2D eigenvalue weighted by atomic mass is 16.7. The van der Waals surface area contributed by atoms with Gasteiger partial charge >= 0.3 is 5.97 Å². The Morgan fingerprint density at radius 1 is 0.697 bits per heavy atom. The molecule has 1 aliphatic heterocycles. The summed E-state index contributed by atoms with van der Waals surface area (Å²) < 4.78 is 18.1. The third-order valence-corrected chi connectivity index (χ3v) is 19.2. The van der Waals surface area contributed by atoms with Gasteiger partial charge in [-0.05, 0) is 116 Å². The van der Waals surface area contributed by atoms with Gasteiger partial charge in [-0.1, -0.05) is 201 Å². The van der Waals surface area contributed by atoms with Gasteiger partial charge in [0.25, 0.3) is 0 Å². The number of allylic oxidation sites excluding steroid dienone is 1. The molecule has 0 spiro atoms. The summed E-state index contributed by atoms with van der Waals surface area (Å²) in [5.74, 6) is 5.24. The second-order valence-corrected chi connectivity index (χ2v) is 24.0. The van der Waals surface area contributed by atoms with E-state index in [1.165, 1.54) is 166 Å². The molecule has 0 amide bonds. The molecule has 1 saturated heterocycles. The maximum absolute atomic E-state index is 12.7. The van der Waals surface area contributed by atoms with Crippen LogP contribution in [0.15, 0.2) is 11.6 Å². The molecular formula is C59H106O7. The summed E-state index contributed by atoms with van der Waals surface area (Å²) in [7, 11) is 0. The van der Waals surface area contributed by atoms with E-state index in [1.54, 1.807) is 0 Å². The van der Waals surface area contributed by atoms with E-state index in [4.69, 9.17) is 14.2 Å². The molecule has 3 saturated carbocycles. The Kier molecular flexibility index (Phi) is 24.4. The predicted molar refractivity (Wildman–Crippen MR) is 272 cm³/mol. The average Bonchev–Trinajstić information content (AvgIpc) is 3.66. The number of esters is 1. The van der Waals surface area contributed by atoms with Gasteiger partial charge in [-0.15, -0.1) is 0 Å². The van der Waals surface area contributed by atoms with E-state index in [-0.39, 0.29) is 24.1 Å². The Bertz CT molecular complexity index is 1380. The first kappa shape index (κ1) is 55.9. The first-order valence-corrected chi connectivity index (χ1v) is 29.0. The molecule has 7 heteroatoms. The van der Waals surface area contributed by atoms with Crippen LogP contribution < -0.4 is 0 Å². The molecule has 1 heterocycles.